The Kier molecular flexibility index (Phi) is 10.2. The second-order valence-electron chi connectivity index (χ2n) is 20.8. The number of hydrogen-bond acceptors (Lipinski definition) is 3. The second kappa shape index (κ2) is 17.3. The van der Waals surface area contributed by atoms with Crippen LogP contribution in [0.5, 0.6) is 11.5 Å². The fourth-order valence-corrected chi connectivity index (χ4v) is 11.9. The Balaban J connectivity index is 1.17. The van der Waals surface area contributed by atoms with E-state index in [0.29, 0.717) is 0 Å². The van der Waals surface area contributed by atoms with E-state index < -0.39 is 0 Å². The van der Waals surface area contributed by atoms with Gasteiger partial charge in [-0.25, -0.2) is 0 Å². The first-order chi connectivity index (χ1) is 36.4. The average Bonchev–Trinajstić information content (AvgIpc) is 3.58. The lowest BCUT2D eigenvalue weighted by molar-refractivity contribution is 0.486. The molecule has 4 heteroatoms. The molecule has 0 aromatic heterocycles. The first-order valence-corrected chi connectivity index (χ1v) is 25.8. The van der Waals surface area contributed by atoms with E-state index in [1.807, 2.05) is 0 Å². The first-order valence-electron chi connectivity index (χ1n) is 25.8. The van der Waals surface area contributed by atoms with Crippen molar-refractivity contribution in [2.45, 2.75) is 26.2 Å². The van der Waals surface area contributed by atoms with Crippen molar-refractivity contribution >= 4 is 57.2 Å². The lowest BCUT2D eigenvalue weighted by Gasteiger charge is -2.47. The van der Waals surface area contributed by atoms with Crippen LogP contribution in [0.3, 0.4) is 0 Å². The van der Waals surface area contributed by atoms with E-state index in [4.69, 9.17) is 4.74 Å². The summed E-state index contributed by atoms with van der Waals surface area (Å²) in [7, 11) is 0. The monoisotopic (exact) mass is 946 g/mol. The predicted molar refractivity (Wildman–Crippen MR) is 312 cm³/mol. The van der Waals surface area contributed by atoms with Crippen molar-refractivity contribution in [1.29, 1.82) is 0 Å². The molecule has 0 saturated carbocycles. The van der Waals surface area contributed by atoms with Crippen molar-refractivity contribution in [3.8, 4) is 78.3 Å². The Bertz CT molecular complexity index is 3960. The van der Waals surface area contributed by atoms with E-state index in [1.54, 1.807) is 0 Å². The van der Waals surface area contributed by atoms with Crippen LogP contribution in [-0.2, 0) is 5.41 Å². The molecule has 3 nitrogen and oxygen atoms in total. The highest BCUT2D eigenvalue weighted by Gasteiger charge is 2.46. The molecule has 11 aromatic rings. The molecule has 3 aliphatic heterocycles. The molecule has 0 spiro atoms. The highest BCUT2D eigenvalue weighted by atomic mass is 16.5. The van der Waals surface area contributed by atoms with E-state index >= 15 is 0 Å². The standard InChI is InChI=1S/C70H51BN2O/c1-70(2,3)53-44-63-67-64(45-53)73-68-55(50-27-14-7-15-28-50)31-20-32-58(68)56-29-16-18-33-65(56)74-66-34-19-17-30-57(66)59-41-52(48-25-12-6-13-26-48)43-61(69(59)73)71(67)60-42-51(47-23-10-5-11-24-47)37-40-62(60)72(63)54-38-35-49(36-39-54)46-21-8-4-9-22-46/h4-45H,1-3H3. The Morgan fingerprint density at radius 3 is 1.42 bits per heavy atom. The van der Waals surface area contributed by atoms with E-state index in [2.05, 4.69) is 285 Å². The van der Waals surface area contributed by atoms with Crippen LogP contribution in [0, 0.1) is 0 Å². The molecule has 0 amide bonds. The topological polar surface area (TPSA) is 15.7 Å². The van der Waals surface area contributed by atoms with E-state index in [0.717, 1.165) is 73.1 Å². The Morgan fingerprint density at radius 2 is 0.797 bits per heavy atom. The Labute approximate surface area is 434 Å². The minimum absolute atomic E-state index is 0.170. The summed E-state index contributed by atoms with van der Waals surface area (Å²) < 4.78 is 7.26. The molecule has 3 aliphatic rings. The van der Waals surface area contributed by atoms with Crippen molar-refractivity contribution in [1.82, 2.24) is 0 Å². The maximum absolute atomic E-state index is 7.26. The highest BCUT2D eigenvalue weighted by Crippen LogP contribution is 2.56. The molecule has 11 aromatic carbocycles. The van der Waals surface area contributed by atoms with Crippen LogP contribution in [0.25, 0.3) is 66.8 Å². The van der Waals surface area contributed by atoms with Crippen LogP contribution in [0.2, 0.25) is 0 Å². The molecule has 3 heterocycles. The number of benzene rings is 11. The third kappa shape index (κ3) is 7.12. The molecule has 0 bridgehead atoms. The number of para-hydroxylation sites is 3. The number of ether oxygens (including phenoxy) is 1. The lowest BCUT2D eigenvalue weighted by atomic mass is 9.33. The molecule has 14 rings (SSSR count). The molecule has 0 saturated heterocycles. The van der Waals surface area contributed by atoms with Gasteiger partial charge in [0.15, 0.2) is 0 Å². The summed E-state index contributed by atoms with van der Waals surface area (Å²) in [4.78, 5) is 5.23. The fraction of sp³-hybridized carbons (Fsp3) is 0.0571. The van der Waals surface area contributed by atoms with Gasteiger partial charge >= 0.3 is 0 Å². The highest BCUT2D eigenvalue weighted by molar-refractivity contribution is 7.00. The molecule has 0 unspecified atom stereocenters. The number of hydrogen-bond donors (Lipinski definition) is 0. The largest absolute Gasteiger partial charge is 0.456 e. The van der Waals surface area contributed by atoms with Gasteiger partial charge in [-0.05, 0) is 115 Å². The van der Waals surface area contributed by atoms with Crippen molar-refractivity contribution < 1.29 is 4.74 Å². The molecular formula is C70H51BN2O. The SMILES string of the molecule is CC(C)(C)c1cc2c3c(c1)N1c4c(cc(-c5ccccc5)cc4-c4ccccc4Oc4ccccc4-c4cccc(-c5ccccc5)c41)B3c1cc(-c3ccccc3)ccc1N2c1ccc(-c2ccccc2)cc1. The smallest absolute Gasteiger partial charge is 0.252 e. The first kappa shape index (κ1) is 43.7. The van der Waals surface area contributed by atoms with Crippen LogP contribution >= 0.6 is 0 Å². The third-order valence-electron chi connectivity index (χ3n) is 15.4. The van der Waals surface area contributed by atoms with Crippen molar-refractivity contribution in [3.63, 3.8) is 0 Å². The second-order valence-corrected chi connectivity index (χ2v) is 20.8. The Morgan fingerprint density at radius 1 is 0.324 bits per heavy atom. The summed E-state index contributed by atoms with van der Waals surface area (Å²) >= 11 is 0. The van der Waals surface area contributed by atoms with Gasteiger partial charge < -0.3 is 14.5 Å². The molecule has 0 aliphatic carbocycles. The van der Waals surface area contributed by atoms with Crippen molar-refractivity contribution in [2.75, 3.05) is 9.80 Å². The normalized spacial score (nSPS) is 12.8. The summed E-state index contributed by atoms with van der Waals surface area (Å²) in [5.41, 5.74) is 25.3. The van der Waals surface area contributed by atoms with Gasteiger partial charge in [-0.1, -0.05) is 227 Å². The van der Waals surface area contributed by atoms with Gasteiger partial charge in [-0.3, -0.25) is 0 Å². The minimum Gasteiger partial charge on any atom is -0.456 e. The number of nitrogens with zero attached hydrogens (tertiary/aromatic N) is 2. The molecule has 0 fully saturated rings. The van der Waals surface area contributed by atoms with Crippen molar-refractivity contribution in [2.24, 2.45) is 0 Å². The summed E-state index contributed by atoms with van der Waals surface area (Å²) in [5.74, 6) is 1.62. The number of rotatable bonds is 5. The van der Waals surface area contributed by atoms with E-state index in [-0.39, 0.29) is 12.1 Å². The van der Waals surface area contributed by atoms with Crippen molar-refractivity contribution in [3.05, 3.63) is 260 Å². The van der Waals surface area contributed by atoms with Gasteiger partial charge in [0.2, 0.25) is 0 Å². The number of fused-ring (bicyclic) bond motifs is 10. The molecule has 0 N–H and O–H groups in total. The van der Waals surface area contributed by atoms with Crippen LogP contribution < -0.4 is 30.9 Å². The zero-order chi connectivity index (χ0) is 49.5. The summed E-state index contributed by atoms with van der Waals surface area (Å²) in [5, 5.41) is 0. The third-order valence-corrected chi connectivity index (χ3v) is 15.4. The maximum atomic E-state index is 7.26. The predicted octanol–water partition coefficient (Wildman–Crippen LogP) is 17.2. The van der Waals surface area contributed by atoms with Crippen LogP contribution in [-0.4, -0.2) is 6.71 Å². The average molecular weight is 947 g/mol. The zero-order valence-electron chi connectivity index (χ0n) is 41.6. The van der Waals surface area contributed by atoms with Gasteiger partial charge in [0.25, 0.3) is 6.71 Å². The van der Waals surface area contributed by atoms with Gasteiger partial charge in [-0.2, -0.15) is 0 Å². The summed E-state index contributed by atoms with van der Waals surface area (Å²) in [6, 6.07) is 93.8. The lowest BCUT2D eigenvalue weighted by Crippen LogP contribution is -2.61. The van der Waals surface area contributed by atoms with Gasteiger partial charge in [0.05, 0.1) is 5.69 Å². The van der Waals surface area contributed by atoms with Gasteiger partial charge in [-0.15, -0.1) is 0 Å². The Hall–Kier alpha value is -9.12. The molecule has 74 heavy (non-hydrogen) atoms. The molecular weight excluding hydrogens is 896 g/mol. The van der Waals surface area contributed by atoms with Crippen LogP contribution in [0.15, 0.2) is 255 Å². The molecule has 0 radical (unpaired) electrons. The minimum atomic E-state index is -0.215. The van der Waals surface area contributed by atoms with Gasteiger partial charge in [0, 0.05) is 56.3 Å². The molecule has 0 atom stereocenters. The van der Waals surface area contributed by atoms with E-state index in [9.17, 15) is 0 Å². The van der Waals surface area contributed by atoms with Gasteiger partial charge in [0.1, 0.15) is 11.5 Å². The maximum Gasteiger partial charge on any atom is 0.252 e. The zero-order valence-corrected chi connectivity index (χ0v) is 41.6. The summed E-state index contributed by atoms with van der Waals surface area (Å²) in [6.07, 6.45) is 0. The quantitative estimate of drug-likeness (QED) is 0.160. The van der Waals surface area contributed by atoms with Crippen LogP contribution in [0.4, 0.5) is 34.1 Å². The number of anilines is 6. The summed E-state index contributed by atoms with van der Waals surface area (Å²) in [6.45, 7) is 6.89. The fourth-order valence-electron chi connectivity index (χ4n) is 11.9. The van der Waals surface area contributed by atoms with E-state index in [1.165, 1.54) is 61.3 Å². The molecule has 350 valence electrons. The van der Waals surface area contributed by atoms with Crippen LogP contribution in [0.1, 0.15) is 26.3 Å².